The van der Waals surface area contributed by atoms with Crippen molar-refractivity contribution < 1.29 is 4.79 Å². The van der Waals surface area contributed by atoms with E-state index in [0.717, 1.165) is 48.8 Å². The number of rotatable bonds is 6. The Morgan fingerprint density at radius 1 is 1.29 bits per heavy atom. The molecule has 2 rings (SSSR count). The second-order valence-electron chi connectivity index (χ2n) is 5.43. The smallest absolute Gasteiger partial charge is 0.220 e. The van der Waals surface area contributed by atoms with E-state index in [4.69, 9.17) is 0 Å². The number of hydrogen-bond acceptors (Lipinski definition) is 5. The molecule has 3 N–H and O–H groups in total. The van der Waals surface area contributed by atoms with Crippen LogP contribution in [0.15, 0.2) is 0 Å². The van der Waals surface area contributed by atoms with Gasteiger partial charge in [-0.1, -0.05) is 13.8 Å². The molecule has 2 heterocycles. The number of aryl methyl sites for hydroxylation is 1. The molecule has 1 fully saturated rings. The number of piperidine rings is 1. The quantitative estimate of drug-likeness (QED) is 0.745. The molecule has 0 bridgehead atoms. The minimum absolute atomic E-state index is 0.131. The monoisotopic (exact) mass is 291 g/mol. The summed E-state index contributed by atoms with van der Waals surface area (Å²) < 4.78 is 0. The molecular weight excluding hydrogens is 266 g/mol. The summed E-state index contributed by atoms with van der Waals surface area (Å²) in [5, 5.41) is 9.71. The highest BCUT2D eigenvalue weighted by Gasteiger charge is 2.20. The van der Waals surface area contributed by atoms with Gasteiger partial charge in [0.05, 0.1) is 0 Å². The van der Waals surface area contributed by atoms with Crippen molar-refractivity contribution in [1.29, 1.82) is 0 Å². The fraction of sp³-hybridized carbons (Fsp3) is 0.667. The van der Waals surface area contributed by atoms with Gasteiger partial charge in [0.15, 0.2) is 0 Å². The molecule has 1 atom stereocenters. The topological polar surface area (TPSA) is 78.9 Å². The number of anilines is 2. The SMILES string of the molecule is CCCNc1nc(CC)nc(NC2CCC(=O)NC2)c1C. The fourth-order valence-corrected chi connectivity index (χ4v) is 2.33. The maximum Gasteiger partial charge on any atom is 0.220 e. The molecule has 6 nitrogen and oxygen atoms in total. The second kappa shape index (κ2) is 7.24. The van der Waals surface area contributed by atoms with E-state index in [1.54, 1.807) is 0 Å². The first-order valence-corrected chi connectivity index (χ1v) is 7.78. The van der Waals surface area contributed by atoms with Gasteiger partial charge in [-0.15, -0.1) is 0 Å². The highest BCUT2D eigenvalue weighted by Crippen LogP contribution is 2.22. The maximum atomic E-state index is 11.2. The van der Waals surface area contributed by atoms with Crippen LogP contribution in [0.25, 0.3) is 0 Å². The molecule has 1 aromatic rings. The first kappa shape index (κ1) is 15.5. The zero-order valence-corrected chi connectivity index (χ0v) is 13.1. The standard InChI is InChI=1S/C15H25N5O/c1-4-8-16-14-10(3)15(20-12(5-2)19-14)18-11-6-7-13(21)17-9-11/h11H,4-9H2,1-3H3,(H,17,21)(H2,16,18,19,20). The van der Waals surface area contributed by atoms with Crippen LogP contribution in [-0.4, -0.2) is 35.0 Å². The van der Waals surface area contributed by atoms with Crippen molar-refractivity contribution in [3.05, 3.63) is 11.4 Å². The van der Waals surface area contributed by atoms with Crippen molar-refractivity contribution in [1.82, 2.24) is 15.3 Å². The summed E-state index contributed by atoms with van der Waals surface area (Å²) in [6, 6.07) is 0.236. The van der Waals surface area contributed by atoms with Crippen LogP contribution in [0.5, 0.6) is 0 Å². The molecule has 0 spiro atoms. The van der Waals surface area contributed by atoms with E-state index in [9.17, 15) is 4.79 Å². The molecule has 21 heavy (non-hydrogen) atoms. The summed E-state index contributed by atoms with van der Waals surface area (Å²) in [7, 11) is 0. The van der Waals surface area contributed by atoms with Gasteiger partial charge in [-0.05, 0) is 19.8 Å². The Labute approximate surface area is 126 Å². The van der Waals surface area contributed by atoms with Crippen LogP contribution in [0.4, 0.5) is 11.6 Å². The van der Waals surface area contributed by atoms with E-state index < -0.39 is 0 Å². The van der Waals surface area contributed by atoms with Gasteiger partial charge in [0.25, 0.3) is 0 Å². The Bertz CT molecular complexity index is 493. The highest BCUT2D eigenvalue weighted by molar-refractivity contribution is 5.77. The van der Waals surface area contributed by atoms with Crippen molar-refractivity contribution >= 4 is 17.5 Å². The third-order valence-corrected chi connectivity index (χ3v) is 3.66. The molecule has 0 saturated carbocycles. The molecule has 1 aliphatic heterocycles. The zero-order chi connectivity index (χ0) is 15.2. The summed E-state index contributed by atoms with van der Waals surface area (Å²) in [6.45, 7) is 7.77. The van der Waals surface area contributed by atoms with Crippen LogP contribution >= 0.6 is 0 Å². The van der Waals surface area contributed by atoms with E-state index in [-0.39, 0.29) is 11.9 Å². The fourth-order valence-electron chi connectivity index (χ4n) is 2.33. The first-order chi connectivity index (χ1) is 10.1. The molecule has 1 aliphatic rings. The lowest BCUT2D eigenvalue weighted by Gasteiger charge is -2.25. The molecular formula is C15H25N5O. The number of carbonyl (C=O) groups excluding carboxylic acids is 1. The molecule has 0 aliphatic carbocycles. The Kier molecular flexibility index (Phi) is 5.36. The van der Waals surface area contributed by atoms with Crippen LogP contribution in [0.1, 0.15) is 44.5 Å². The predicted molar refractivity (Wildman–Crippen MR) is 84.6 cm³/mol. The second-order valence-corrected chi connectivity index (χ2v) is 5.43. The summed E-state index contributed by atoms with van der Waals surface area (Å²) in [5.41, 5.74) is 1.04. The van der Waals surface area contributed by atoms with Gasteiger partial charge in [-0.25, -0.2) is 9.97 Å². The van der Waals surface area contributed by atoms with Gasteiger partial charge in [0.1, 0.15) is 17.5 Å². The molecule has 1 amide bonds. The highest BCUT2D eigenvalue weighted by atomic mass is 16.1. The normalized spacial score (nSPS) is 18.2. The molecule has 1 unspecified atom stereocenters. The zero-order valence-electron chi connectivity index (χ0n) is 13.1. The Morgan fingerprint density at radius 3 is 2.67 bits per heavy atom. The third kappa shape index (κ3) is 4.06. The van der Waals surface area contributed by atoms with Crippen molar-refractivity contribution in [2.75, 3.05) is 23.7 Å². The Morgan fingerprint density at radius 2 is 2.05 bits per heavy atom. The lowest BCUT2D eigenvalue weighted by Crippen LogP contribution is -2.42. The Hall–Kier alpha value is -1.85. The first-order valence-electron chi connectivity index (χ1n) is 7.78. The van der Waals surface area contributed by atoms with Gasteiger partial charge in [-0.3, -0.25) is 4.79 Å². The van der Waals surface area contributed by atoms with Gasteiger partial charge in [-0.2, -0.15) is 0 Å². The summed E-state index contributed by atoms with van der Waals surface area (Å²) in [5.74, 6) is 2.75. The van der Waals surface area contributed by atoms with Crippen molar-refractivity contribution in [3.8, 4) is 0 Å². The average Bonchev–Trinajstić information content (AvgIpc) is 2.50. The van der Waals surface area contributed by atoms with Crippen LogP contribution in [-0.2, 0) is 11.2 Å². The molecule has 1 saturated heterocycles. The van der Waals surface area contributed by atoms with Crippen LogP contribution in [0.2, 0.25) is 0 Å². The summed E-state index contributed by atoms with van der Waals surface area (Å²) >= 11 is 0. The lowest BCUT2D eigenvalue weighted by atomic mass is 10.1. The lowest BCUT2D eigenvalue weighted by molar-refractivity contribution is -0.122. The van der Waals surface area contributed by atoms with Crippen LogP contribution in [0, 0.1) is 6.92 Å². The van der Waals surface area contributed by atoms with Gasteiger partial charge >= 0.3 is 0 Å². The van der Waals surface area contributed by atoms with Gasteiger partial charge in [0.2, 0.25) is 5.91 Å². The third-order valence-electron chi connectivity index (χ3n) is 3.66. The molecule has 116 valence electrons. The van der Waals surface area contributed by atoms with E-state index >= 15 is 0 Å². The minimum atomic E-state index is 0.131. The number of nitrogens with one attached hydrogen (secondary N) is 3. The minimum Gasteiger partial charge on any atom is -0.370 e. The largest absolute Gasteiger partial charge is 0.370 e. The molecule has 6 heteroatoms. The van der Waals surface area contributed by atoms with Gasteiger partial charge < -0.3 is 16.0 Å². The molecule has 0 aromatic carbocycles. The number of hydrogen-bond donors (Lipinski definition) is 3. The van der Waals surface area contributed by atoms with E-state index in [0.29, 0.717) is 13.0 Å². The van der Waals surface area contributed by atoms with Crippen molar-refractivity contribution in [2.24, 2.45) is 0 Å². The predicted octanol–water partition coefficient (Wildman–Crippen LogP) is 1.86. The van der Waals surface area contributed by atoms with Crippen LogP contribution < -0.4 is 16.0 Å². The number of aromatic nitrogens is 2. The average molecular weight is 291 g/mol. The van der Waals surface area contributed by atoms with Crippen LogP contribution in [0.3, 0.4) is 0 Å². The number of nitrogens with zero attached hydrogens (tertiary/aromatic N) is 2. The summed E-state index contributed by atoms with van der Waals surface area (Å²) in [4.78, 5) is 20.4. The van der Waals surface area contributed by atoms with E-state index in [1.807, 2.05) is 6.92 Å². The van der Waals surface area contributed by atoms with E-state index in [2.05, 4.69) is 39.8 Å². The van der Waals surface area contributed by atoms with Crippen molar-refractivity contribution in [3.63, 3.8) is 0 Å². The maximum absolute atomic E-state index is 11.2. The number of amides is 1. The summed E-state index contributed by atoms with van der Waals surface area (Å²) in [6.07, 6.45) is 3.28. The van der Waals surface area contributed by atoms with Crippen molar-refractivity contribution in [2.45, 2.75) is 52.5 Å². The van der Waals surface area contributed by atoms with Gasteiger partial charge in [0, 0.05) is 37.5 Å². The Balaban J connectivity index is 2.15. The molecule has 1 aromatic heterocycles. The molecule has 0 radical (unpaired) electrons. The number of carbonyl (C=O) groups is 1. The van der Waals surface area contributed by atoms with E-state index in [1.165, 1.54) is 0 Å².